The first-order valence-electron chi connectivity index (χ1n) is 8.91. The van der Waals surface area contributed by atoms with Gasteiger partial charge < -0.3 is 10.2 Å². The summed E-state index contributed by atoms with van der Waals surface area (Å²) in [4.78, 5) is 26.0. The van der Waals surface area contributed by atoms with Gasteiger partial charge in [-0.25, -0.2) is 8.42 Å². The van der Waals surface area contributed by atoms with Crippen LogP contribution in [0, 0.1) is 0 Å². The predicted octanol–water partition coefficient (Wildman–Crippen LogP) is 3.78. The van der Waals surface area contributed by atoms with E-state index in [4.69, 9.17) is 23.2 Å². The van der Waals surface area contributed by atoms with Crippen LogP contribution in [0.15, 0.2) is 18.2 Å². The van der Waals surface area contributed by atoms with Crippen LogP contribution in [0.3, 0.4) is 0 Å². The largest absolute Gasteiger partial charge is 0.333 e. The fraction of sp³-hybridized carbons (Fsp3) is 0.556. The first-order valence-corrected chi connectivity index (χ1v) is 11.5. The summed E-state index contributed by atoms with van der Waals surface area (Å²) in [6.07, 6.45) is 2.84. The lowest BCUT2D eigenvalue weighted by Crippen LogP contribution is -2.41. The molecule has 0 atom stereocenters. The normalized spacial score (nSPS) is 11.3. The molecule has 27 heavy (non-hydrogen) atoms. The molecule has 6 nitrogen and oxygen atoms in total. The number of hydrogen-bond donors (Lipinski definition) is 1. The highest BCUT2D eigenvalue weighted by Gasteiger charge is 2.23. The maximum Gasteiger partial charge on any atom is 0.244 e. The third kappa shape index (κ3) is 8.95. The summed E-state index contributed by atoms with van der Waals surface area (Å²) in [5, 5.41) is 3.33. The molecule has 1 N–H and O–H groups in total. The topological polar surface area (TPSA) is 83.6 Å². The summed E-state index contributed by atoms with van der Waals surface area (Å²) in [5.41, 5.74) is 0.338. The van der Waals surface area contributed by atoms with Crippen LogP contribution >= 0.6 is 23.2 Å². The van der Waals surface area contributed by atoms with Gasteiger partial charge in [0.1, 0.15) is 5.75 Å². The van der Waals surface area contributed by atoms with Crippen molar-refractivity contribution in [3.8, 4) is 0 Å². The van der Waals surface area contributed by atoms with E-state index in [-0.39, 0.29) is 12.3 Å². The third-order valence-electron chi connectivity index (χ3n) is 3.79. The average Bonchev–Trinajstić information content (AvgIpc) is 2.57. The van der Waals surface area contributed by atoms with Crippen molar-refractivity contribution < 1.29 is 18.0 Å². The molecule has 0 aliphatic heterocycles. The summed E-state index contributed by atoms with van der Waals surface area (Å²) in [6, 6.07) is 4.65. The zero-order chi connectivity index (χ0) is 20.4. The Hall–Kier alpha value is -1.31. The minimum Gasteiger partial charge on any atom is -0.333 e. The zero-order valence-electron chi connectivity index (χ0n) is 15.6. The molecule has 0 heterocycles. The molecule has 2 amide bonds. The second kappa shape index (κ2) is 11.5. The number of benzene rings is 1. The number of nitrogens with zero attached hydrogens (tertiary/aromatic N) is 1. The van der Waals surface area contributed by atoms with Gasteiger partial charge in [-0.05, 0) is 31.0 Å². The Kier molecular flexibility index (Phi) is 10.1. The maximum absolute atomic E-state index is 12.4. The number of amides is 2. The van der Waals surface area contributed by atoms with Crippen LogP contribution in [-0.2, 0) is 19.4 Å². The van der Waals surface area contributed by atoms with Crippen LogP contribution < -0.4 is 5.32 Å². The number of halogens is 2. The molecule has 1 rings (SSSR count). The number of carbonyl (C=O) groups is 2. The van der Waals surface area contributed by atoms with Crippen molar-refractivity contribution in [3.05, 3.63) is 28.2 Å². The highest BCUT2D eigenvalue weighted by atomic mass is 35.5. The zero-order valence-corrected chi connectivity index (χ0v) is 18.0. The minimum absolute atomic E-state index is 0.0170. The highest BCUT2D eigenvalue weighted by Crippen LogP contribution is 2.25. The summed E-state index contributed by atoms with van der Waals surface area (Å²) < 4.78 is 24.2. The summed E-state index contributed by atoms with van der Waals surface area (Å²) >= 11 is 11.9. The number of nitrogens with one attached hydrogen (secondary N) is 1. The van der Waals surface area contributed by atoms with Crippen LogP contribution in [0.4, 0.5) is 5.69 Å². The van der Waals surface area contributed by atoms with E-state index in [9.17, 15) is 18.0 Å². The van der Waals surface area contributed by atoms with Crippen LogP contribution in [0.1, 0.15) is 39.5 Å². The van der Waals surface area contributed by atoms with E-state index in [0.717, 1.165) is 12.8 Å². The molecule has 0 saturated carbocycles. The van der Waals surface area contributed by atoms with Gasteiger partial charge in [0.05, 0.1) is 23.0 Å². The standard InChI is InChI=1S/C18H26Cl2N2O4S/c1-3-5-6-10-27(25,26)13-18(24)22(9-4-2)12-17(23)21-16-11-14(19)7-8-15(16)20/h7-8,11H,3-6,9-10,12-13H2,1-2H3,(H,21,23). The Morgan fingerprint density at radius 2 is 1.81 bits per heavy atom. The first-order chi connectivity index (χ1) is 12.7. The van der Waals surface area contributed by atoms with Crippen molar-refractivity contribution in [1.82, 2.24) is 4.90 Å². The Bertz CT molecular complexity index is 754. The predicted molar refractivity (Wildman–Crippen MR) is 110 cm³/mol. The van der Waals surface area contributed by atoms with Crippen molar-refractivity contribution >= 4 is 50.5 Å². The number of carbonyl (C=O) groups excluding carboxylic acids is 2. The Morgan fingerprint density at radius 1 is 1.11 bits per heavy atom. The molecule has 152 valence electrons. The van der Waals surface area contributed by atoms with Crippen molar-refractivity contribution in [2.75, 3.05) is 29.9 Å². The average molecular weight is 437 g/mol. The first kappa shape index (κ1) is 23.7. The van der Waals surface area contributed by atoms with E-state index in [1.54, 1.807) is 12.1 Å². The summed E-state index contributed by atoms with van der Waals surface area (Å²) in [7, 11) is -3.48. The maximum atomic E-state index is 12.4. The summed E-state index contributed by atoms with van der Waals surface area (Å²) in [5.74, 6) is -1.64. The molecule has 0 radical (unpaired) electrons. The van der Waals surface area contributed by atoms with Crippen molar-refractivity contribution in [3.63, 3.8) is 0 Å². The monoisotopic (exact) mass is 436 g/mol. The smallest absolute Gasteiger partial charge is 0.244 e. The number of unbranched alkanes of at least 4 members (excludes halogenated alkanes) is 2. The highest BCUT2D eigenvalue weighted by molar-refractivity contribution is 7.92. The van der Waals surface area contributed by atoms with Gasteiger partial charge in [0.2, 0.25) is 11.8 Å². The fourth-order valence-corrected chi connectivity index (χ4v) is 4.13. The van der Waals surface area contributed by atoms with Gasteiger partial charge in [0.25, 0.3) is 0 Å². The Morgan fingerprint density at radius 3 is 2.44 bits per heavy atom. The SMILES string of the molecule is CCCCCS(=O)(=O)CC(=O)N(CCC)CC(=O)Nc1cc(Cl)ccc1Cl. The van der Waals surface area contributed by atoms with Gasteiger partial charge in [-0.3, -0.25) is 9.59 Å². The molecular formula is C18H26Cl2N2O4S. The molecule has 0 bridgehead atoms. The molecule has 1 aromatic carbocycles. The van der Waals surface area contributed by atoms with Gasteiger partial charge in [-0.1, -0.05) is 49.9 Å². The Balaban J connectivity index is 2.72. The van der Waals surface area contributed by atoms with Crippen LogP contribution in [-0.4, -0.2) is 49.7 Å². The number of anilines is 1. The van der Waals surface area contributed by atoms with Crippen LogP contribution in [0.25, 0.3) is 0 Å². The lowest BCUT2D eigenvalue weighted by atomic mass is 10.3. The molecule has 0 spiro atoms. The van der Waals surface area contributed by atoms with E-state index in [0.29, 0.717) is 35.1 Å². The van der Waals surface area contributed by atoms with Gasteiger partial charge in [0, 0.05) is 11.6 Å². The number of hydrogen-bond acceptors (Lipinski definition) is 4. The number of sulfone groups is 1. The van der Waals surface area contributed by atoms with E-state index >= 15 is 0 Å². The van der Waals surface area contributed by atoms with Gasteiger partial charge >= 0.3 is 0 Å². The molecule has 0 saturated heterocycles. The van der Waals surface area contributed by atoms with Crippen molar-refractivity contribution in [1.29, 1.82) is 0 Å². The molecular weight excluding hydrogens is 411 g/mol. The molecule has 0 fully saturated rings. The number of rotatable bonds is 11. The quantitative estimate of drug-likeness (QED) is 0.534. The van der Waals surface area contributed by atoms with E-state index in [2.05, 4.69) is 5.32 Å². The fourth-order valence-electron chi connectivity index (χ4n) is 2.44. The Labute approximate surface area is 171 Å². The van der Waals surface area contributed by atoms with E-state index < -0.39 is 27.4 Å². The minimum atomic E-state index is -3.48. The van der Waals surface area contributed by atoms with Crippen LogP contribution in [0.5, 0.6) is 0 Å². The van der Waals surface area contributed by atoms with Gasteiger partial charge in [-0.15, -0.1) is 0 Å². The second-order valence-corrected chi connectivity index (χ2v) is 9.31. The second-order valence-electron chi connectivity index (χ2n) is 6.29. The molecule has 9 heteroatoms. The van der Waals surface area contributed by atoms with Gasteiger partial charge in [-0.2, -0.15) is 0 Å². The lowest BCUT2D eigenvalue weighted by molar-refractivity contribution is -0.132. The molecule has 0 aromatic heterocycles. The van der Waals surface area contributed by atoms with Gasteiger partial charge in [0.15, 0.2) is 9.84 Å². The molecule has 1 aromatic rings. The van der Waals surface area contributed by atoms with E-state index in [1.807, 2.05) is 13.8 Å². The van der Waals surface area contributed by atoms with Crippen molar-refractivity contribution in [2.24, 2.45) is 0 Å². The molecule has 0 aliphatic rings. The molecule has 0 aliphatic carbocycles. The summed E-state index contributed by atoms with van der Waals surface area (Å²) in [6.45, 7) is 3.87. The lowest BCUT2D eigenvalue weighted by Gasteiger charge is -2.22. The van der Waals surface area contributed by atoms with E-state index in [1.165, 1.54) is 11.0 Å². The third-order valence-corrected chi connectivity index (χ3v) is 5.95. The van der Waals surface area contributed by atoms with Crippen LogP contribution in [0.2, 0.25) is 10.0 Å². The molecule has 0 unspecified atom stereocenters. The van der Waals surface area contributed by atoms with Crippen molar-refractivity contribution in [2.45, 2.75) is 39.5 Å².